The van der Waals surface area contributed by atoms with E-state index in [1.807, 2.05) is 18.2 Å². The van der Waals surface area contributed by atoms with Gasteiger partial charge in [0, 0.05) is 12.4 Å². The lowest BCUT2D eigenvalue weighted by molar-refractivity contribution is 0.628. The Morgan fingerprint density at radius 2 is 1.78 bits per heavy atom. The Hall–Kier alpha value is -2.07. The van der Waals surface area contributed by atoms with Gasteiger partial charge in [0.05, 0.1) is 10.6 Å². The van der Waals surface area contributed by atoms with Gasteiger partial charge in [-0.15, -0.1) is 11.3 Å². The molecule has 4 heteroatoms. The zero-order valence-electron chi connectivity index (χ0n) is 9.38. The molecule has 0 spiro atoms. The summed E-state index contributed by atoms with van der Waals surface area (Å²) in [6.07, 6.45) is 3.54. The topological polar surface area (TPSA) is 25.8 Å². The summed E-state index contributed by atoms with van der Waals surface area (Å²) in [5, 5.41) is 0.870. The average molecular weight is 256 g/mol. The monoisotopic (exact) mass is 256 g/mol. The van der Waals surface area contributed by atoms with E-state index in [1.165, 1.54) is 12.1 Å². The van der Waals surface area contributed by atoms with Crippen molar-refractivity contribution < 1.29 is 4.39 Å². The molecule has 1 aromatic carbocycles. The fourth-order valence-corrected chi connectivity index (χ4v) is 2.53. The van der Waals surface area contributed by atoms with Gasteiger partial charge >= 0.3 is 0 Å². The lowest BCUT2D eigenvalue weighted by Gasteiger charge is -1.95. The lowest BCUT2D eigenvalue weighted by atomic mass is 10.2. The Morgan fingerprint density at radius 1 is 0.944 bits per heavy atom. The second kappa shape index (κ2) is 4.66. The molecule has 2 heterocycles. The maximum Gasteiger partial charge on any atom is 0.142 e. The van der Waals surface area contributed by atoms with Gasteiger partial charge in [0.1, 0.15) is 10.8 Å². The van der Waals surface area contributed by atoms with Gasteiger partial charge in [0.25, 0.3) is 0 Å². The first-order valence-corrected chi connectivity index (χ1v) is 6.28. The third-order valence-corrected chi connectivity index (χ3v) is 3.59. The van der Waals surface area contributed by atoms with Gasteiger partial charge in [-0.3, -0.25) is 4.98 Å². The fourth-order valence-electron chi connectivity index (χ4n) is 1.63. The summed E-state index contributed by atoms with van der Waals surface area (Å²) in [4.78, 5) is 9.62. The molecule has 0 radical (unpaired) electrons. The van der Waals surface area contributed by atoms with Gasteiger partial charge in [-0.2, -0.15) is 0 Å². The molecule has 0 saturated carbocycles. The Kier molecular flexibility index (Phi) is 2.86. The Balaban J connectivity index is 1.97. The molecule has 3 aromatic rings. The van der Waals surface area contributed by atoms with E-state index in [0.29, 0.717) is 0 Å². The van der Waals surface area contributed by atoms with E-state index >= 15 is 0 Å². The molecule has 2 aromatic heterocycles. The van der Waals surface area contributed by atoms with Crippen LogP contribution in [0.2, 0.25) is 0 Å². The summed E-state index contributed by atoms with van der Waals surface area (Å²) in [6.45, 7) is 0. The number of rotatable bonds is 2. The molecule has 0 atom stereocenters. The molecule has 0 aliphatic rings. The van der Waals surface area contributed by atoms with E-state index in [-0.39, 0.29) is 5.82 Å². The van der Waals surface area contributed by atoms with Crippen molar-refractivity contribution in [1.82, 2.24) is 9.97 Å². The summed E-state index contributed by atoms with van der Waals surface area (Å²) in [6, 6.07) is 12.1. The van der Waals surface area contributed by atoms with Crippen molar-refractivity contribution in [3.8, 4) is 21.1 Å². The Bertz CT molecular complexity index is 647. The van der Waals surface area contributed by atoms with E-state index in [1.54, 1.807) is 35.9 Å². The quantitative estimate of drug-likeness (QED) is 0.692. The lowest BCUT2D eigenvalue weighted by Crippen LogP contribution is -1.78. The molecule has 0 unspecified atom stereocenters. The number of aromatic nitrogens is 2. The summed E-state index contributed by atoms with van der Waals surface area (Å²) in [5.41, 5.74) is 1.83. The van der Waals surface area contributed by atoms with E-state index in [9.17, 15) is 4.39 Å². The zero-order valence-corrected chi connectivity index (χ0v) is 10.2. The zero-order chi connectivity index (χ0) is 12.4. The molecule has 0 saturated heterocycles. The van der Waals surface area contributed by atoms with Crippen molar-refractivity contribution in [3.63, 3.8) is 0 Å². The van der Waals surface area contributed by atoms with Gasteiger partial charge in [0.2, 0.25) is 0 Å². The van der Waals surface area contributed by atoms with Gasteiger partial charge in [-0.05, 0) is 29.8 Å². The fraction of sp³-hybridized carbons (Fsp3) is 0. The number of benzene rings is 1. The number of hydrogen-bond acceptors (Lipinski definition) is 3. The van der Waals surface area contributed by atoms with Crippen LogP contribution in [0.5, 0.6) is 0 Å². The van der Waals surface area contributed by atoms with Crippen LogP contribution in [0.3, 0.4) is 0 Å². The van der Waals surface area contributed by atoms with Crippen molar-refractivity contribution in [2.45, 2.75) is 0 Å². The minimum Gasteiger partial charge on any atom is -0.254 e. The first kappa shape index (κ1) is 11.0. The van der Waals surface area contributed by atoms with Crippen LogP contribution in [0, 0.1) is 5.82 Å². The van der Waals surface area contributed by atoms with Crippen molar-refractivity contribution in [1.29, 1.82) is 0 Å². The number of nitrogens with zero attached hydrogens (tertiary/aromatic N) is 2. The summed E-state index contributed by atoms with van der Waals surface area (Å²) < 4.78 is 12.9. The van der Waals surface area contributed by atoms with Gasteiger partial charge in [-0.1, -0.05) is 18.2 Å². The number of halogens is 1. The molecule has 0 aliphatic heterocycles. The van der Waals surface area contributed by atoms with Crippen LogP contribution >= 0.6 is 11.3 Å². The van der Waals surface area contributed by atoms with Crippen molar-refractivity contribution >= 4 is 11.3 Å². The van der Waals surface area contributed by atoms with Crippen molar-refractivity contribution in [2.75, 3.05) is 0 Å². The molecule has 0 amide bonds. The molecule has 88 valence electrons. The first-order valence-electron chi connectivity index (χ1n) is 5.46. The van der Waals surface area contributed by atoms with Crippen LogP contribution in [0.4, 0.5) is 4.39 Å². The Morgan fingerprint density at radius 3 is 2.50 bits per heavy atom. The van der Waals surface area contributed by atoms with Crippen LogP contribution in [0.1, 0.15) is 0 Å². The molecule has 0 N–H and O–H groups in total. The number of pyridine rings is 1. The highest BCUT2D eigenvalue weighted by Gasteiger charge is 2.07. The molecule has 0 bridgehead atoms. The van der Waals surface area contributed by atoms with Gasteiger partial charge in [-0.25, -0.2) is 9.37 Å². The molecule has 2 nitrogen and oxygen atoms in total. The minimum atomic E-state index is -0.229. The minimum absolute atomic E-state index is 0.229. The second-order valence-corrected chi connectivity index (χ2v) is 4.78. The third-order valence-electron chi connectivity index (χ3n) is 2.52. The second-order valence-electron chi connectivity index (χ2n) is 3.75. The third kappa shape index (κ3) is 2.15. The highest BCUT2D eigenvalue weighted by molar-refractivity contribution is 7.18. The summed E-state index contributed by atoms with van der Waals surface area (Å²) in [7, 11) is 0. The van der Waals surface area contributed by atoms with Crippen LogP contribution in [0.15, 0.2) is 54.9 Å². The van der Waals surface area contributed by atoms with E-state index in [2.05, 4.69) is 9.97 Å². The molecule has 3 rings (SSSR count). The standard InChI is InChI=1S/C14H9FN2S/c15-11-6-4-10(5-7-11)13-9-17-14(18-13)12-3-1-2-8-16-12/h1-9H. The maximum atomic E-state index is 12.9. The molecule has 18 heavy (non-hydrogen) atoms. The predicted molar refractivity (Wildman–Crippen MR) is 70.7 cm³/mol. The van der Waals surface area contributed by atoms with Crippen molar-refractivity contribution in [3.05, 3.63) is 60.7 Å². The Labute approximate surface area is 108 Å². The van der Waals surface area contributed by atoms with E-state index in [4.69, 9.17) is 0 Å². The predicted octanol–water partition coefficient (Wildman–Crippen LogP) is 4.01. The van der Waals surface area contributed by atoms with Crippen molar-refractivity contribution in [2.24, 2.45) is 0 Å². The SMILES string of the molecule is Fc1ccc(-c2cnc(-c3ccccn3)s2)cc1. The van der Waals surface area contributed by atoms with Crippen LogP contribution in [0.25, 0.3) is 21.1 Å². The number of hydrogen-bond donors (Lipinski definition) is 0. The summed E-state index contributed by atoms with van der Waals surface area (Å²) in [5.74, 6) is -0.229. The van der Waals surface area contributed by atoms with Crippen LogP contribution in [-0.4, -0.2) is 9.97 Å². The average Bonchev–Trinajstić information content (AvgIpc) is 2.90. The number of thiazole rings is 1. The van der Waals surface area contributed by atoms with Gasteiger partial charge < -0.3 is 0 Å². The van der Waals surface area contributed by atoms with Gasteiger partial charge in [0.15, 0.2) is 0 Å². The first-order chi connectivity index (χ1) is 8.83. The largest absolute Gasteiger partial charge is 0.254 e. The normalized spacial score (nSPS) is 10.5. The van der Waals surface area contributed by atoms with E-state index < -0.39 is 0 Å². The molecular formula is C14H9FN2S. The molecule has 0 fully saturated rings. The smallest absolute Gasteiger partial charge is 0.142 e. The molecular weight excluding hydrogens is 247 g/mol. The van der Waals surface area contributed by atoms with E-state index in [0.717, 1.165) is 21.1 Å². The maximum absolute atomic E-state index is 12.9. The van der Waals surface area contributed by atoms with Crippen LogP contribution in [-0.2, 0) is 0 Å². The molecule has 0 aliphatic carbocycles. The highest BCUT2D eigenvalue weighted by Crippen LogP contribution is 2.30. The van der Waals surface area contributed by atoms with Crippen LogP contribution < -0.4 is 0 Å². The highest BCUT2D eigenvalue weighted by atomic mass is 32.1. The summed E-state index contributed by atoms with van der Waals surface area (Å²) >= 11 is 1.55.